The smallest absolute Gasteiger partial charge is 0.407 e. The summed E-state index contributed by atoms with van der Waals surface area (Å²) in [4.78, 5) is 28.8. The van der Waals surface area contributed by atoms with E-state index in [1.807, 2.05) is 18.3 Å². The third-order valence-corrected chi connectivity index (χ3v) is 4.25. The van der Waals surface area contributed by atoms with Gasteiger partial charge in [-0.1, -0.05) is 12.3 Å². The molecule has 4 N–H and O–H groups in total. The number of carboxylic acid groups (broad SMARTS) is 1. The van der Waals surface area contributed by atoms with E-state index in [1.165, 1.54) is 0 Å². The molecule has 0 spiro atoms. The van der Waals surface area contributed by atoms with E-state index in [-0.39, 0.29) is 6.42 Å². The van der Waals surface area contributed by atoms with E-state index in [0.717, 1.165) is 28.9 Å². The Labute approximate surface area is 151 Å². The highest BCUT2D eigenvalue weighted by Crippen LogP contribution is 2.27. The number of amides is 1. The Morgan fingerprint density at radius 3 is 2.88 bits per heavy atom. The fourth-order valence-electron chi connectivity index (χ4n) is 2.92. The van der Waals surface area contributed by atoms with Gasteiger partial charge in [0.15, 0.2) is 0 Å². The zero-order valence-corrected chi connectivity index (χ0v) is 14.3. The van der Waals surface area contributed by atoms with Gasteiger partial charge in [0.25, 0.3) is 0 Å². The summed E-state index contributed by atoms with van der Waals surface area (Å²) in [6, 6.07) is 3.81. The summed E-state index contributed by atoms with van der Waals surface area (Å²) in [6.45, 7) is 0.456. The minimum atomic E-state index is -0.796. The fourth-order valence-corrected chi connectivity index (χ4v) is 2.92. The molecule has 7 nitrogen and oxygen atoms in total. The lowest BCUT2D eigenvalue weighted by Crippen LogP contribution is -2.28. The number of aromatic amines is 2. The molecule has 2 aromatic heterocycles. The van der Waals surface area contributed by atoms with Crippen LogP contribution in [0.1, 0.15) is 54.3 Å². The number of carbonyl (C=O) groups is 2. The number of aliphatic carboxylic acids is 1. The first kappa shape index (κ1) is 17.7. The van der Waals surface area contributed by atoms with Gasteiger partial charge in [0.2, 0.25) is 0 Å². The van der Waals surface area contributed by atoms with Gasteiger partial charge in [-0.3, -0.25) is 4.79 Å². The highest BCUT2D eigenvalue weighted by atomic mass is 16.6. The van der Waals surface area contributed by atoms with Gasteiger partial charge in [-0.05, 0) is 36.5 Å². The molecule has 0 bridgehead atoms. The van der Waals surface area contributed by atoms with Crippen LogP contribution in [0.15, 0.2) is 24.5 Å². The molecule has 1 aliphatic rings. The highest BCUT2D eigenvalue weighted by molar-refractivity contribution is 5.68. The van der Waals surface area contributed by atoms with Crippen LogP contribution in [0.3, 0.4) is 0 Å². The van der Waals surface area contributed by atoms with Crippen molar-refractivity contribution in [3.63, 3.8) is 0 Å². The lowest BCUT2D eigenvalue weighted by molar-refractivity contribution is -0.137. The maximum atomic E-state index is 12.1. The SMILES string of the molecule is O=C(O)CCCCCNC(=O)OC1Cc2cc[nH]c2C#Cc2cc[nH]c21. The molecule has 1 atom stereocenters. The Bertz CT molecular complexity index is 840. The van der Waals surface area contributed by atoms with Crippen molar-refractivity contribution in [1.29, 1.82) is 0 Å². The lowest BCUT2D eigenvalue weighted by Gasteiger charge is -2.19. The number of ether oxygens (including phenoxy) is 1. The maximum absolute atomic E-state index is 12.1. The molecule has 0 aromatic carbocycles. The second kappa shape index (κ2) is 8.30. The van der Waals surface area contributed by atoms with E-state index < -0.39 is 18.2 Å². The molecule has 2 heterocycles. The van der Waals surface area contributed by atoms with Gasteiger partial charge in [0.1, 0.15) is 6.10 Å². The van der Waals surface area contributed by atoms with Gasteiger partial charge in [-0.15, -0.1) is 0 Å². The minimum absolute atomic E-state index is 0.155. The van der Waals surface area contributed by atoms with Crippen molar-refractivity contribution in [1.82, 2.24) is 15.3 Å². The Hall–Kier alpha value is -3.14. The number of hydrogen-bond acceptors (Lipinski definition) is 3. The maximum Gasteiger partial charge on any atom is 0.407 e. The van der Waals surface area contributed by atoms with Gasteiger partial charge < -0.3 is 25.1 Å². The summed E-state index contributed by atoms with van der Waals surface area (Å²) < 4.78 is 5.63. The predicted octanol–water partition coefficient (Wildman–Crippen LogP) is 2.71. The molecule has 0 saturated carbocycles. The summed E-state index contributed by atoms with van der Waals surface area (Å²) in [5.41, 5.74) is 3.45. The molecule has 0 fully saturated rings. The van der Waals surface area contributed by atoms with Crippen LogP contribution in [0.2, 0.25) is 0 Å². The van der Waals surface area contributed by atoms with Crippen LogP contribution >= 0.6 is 0 Å². The van der Waals surface area contributed by atoms with Crippen LogP contribution in [0.5, 0.6) is 0 Å². The second-order valence-electron chi connectivity index (χ2n) is 6.16. The average Bonchev–Trinajstić information content (AvgIpc) is 3.22. The summed E-state index contributed by atoms with van der Waals surface area (Å²) in [5.74, 6) is 5.40. The van der Waals surface area contributed by atoms with Crippen molar-refractivity contribution in [2.45, 2.75) is 38.2 Å². The number of aromatic nitrogens is 2. The van der Waals surface area contributed by atoms with E-state index in [1.54, 1.807) is 6.20 Å². The number of alkyl carbamates (subject to hydrolysis) is 1. The fraction of sp³-hybridized carbons (Fsp3) is 0.368. The largest absolute Gasteiger partial charge is 0.481 e. The second-order valence-corrected chi connectivity index (χ2v) is 6.16. The standard InChI is InChI=1S/C19H21N3O4/c23-17(24)4-2-1-3-9-22-19(25)26-16-12-14-8-10-20-15(14)6-5-13-7-11-21-18(13)16/h7-8,10-11,16,20-21H,1-4,9,12H2,(H,22,25)(H,23,24). The molecule has 136 valence electrons. The lowest BCUT2D eigenvalue weighted by atomic mass is 10.0. The van der Waals surface area contributed by atoms with Crippen molar-refractivity contribution in [2.75, 3.05) is 6.54 Å². The number of H-pyrrole nitrogens is 2. The zero-order valence-electron chi connectivity index (χ0n) is 14.3. The quantitative estimate of drug-likeness (QED) is 0.452. The van der Waals surface area contributed by atoms with Crippen molar-refractivity contribution < 1.29 is 19.4 Å². The third kappa shape index (κ3) is 4.48. The van der Waals surface area contributed by atoms with Crippen LogP contribution in [0, 0.1) is 11.8 Å². The molecule has 1 unspecified atom stereocenters. The van der Waals surface area contributed by atoms with Crippen LogP contribution in [-0.4, -0.2) is 33.7 Å². The number of hydrogen-bond donors (Lipinski definition) is 4. The average molecular weight is 355 g/mol. The van der Waals surface area contributed by atoms with E-state index >= 15 is 0 Å². The topological polar surface area (TPSA) is 107 Å². The number of carbonyl (C=O) groups excluding carboxylic acids is 1. The molecule has 1 amide bonds. The van der Waals surface area contributed by atoms with Gasteiger partial charge in [-0.2, -0.15) is 0 Å². The van der Waals surface area contributed by atoms with Gasteiger partial charge >= 0.3 is 12.1 Å². The Balaban J connectivity index is 1.55. The van der Waals surface area contributed by atoms with E-state index in [0.29, 0.717) is 25.8 Å². The summed E-state index contributed by atoms with van der Waals surface area (Å²) in [6.07, 6.45) is 5.44. The van der Waals surface area contributed by atoms with Crippen LogP contribution in [-0.2, 0) is 16.0 Å². The Morgan fingerprint density at radius 2 is 2.04 bits per heavy atom. The number of rotatable bonds is 7. The summed E-state index contributed by atoms with van der Waals surface area (Å²) in [5, 5.41) is 11.3. The van der Waals surface area contributed by atoms with Crippen LogP contribution in [0.4, 0.5) is 4.79 Å². The Kier molecular flexibility index (Phi) is 5.64. The number of unbranched alkanes of at least 4 members (excludes halogenated alkanes) is 2. The van der Waals surface area contributed by atoms with Crippen molar-refractivity contribution >= 4 is 12.1 Å². The molecular weight excluding hydrogens is 334 g/mol. The molecular formula is C19H21N3O4. The van der Waals surface area contributed by atoms with Gasteiger partial charge in [-0.25, -0.2) is 4.79 Å². The number of fused-ring (bicyclic) bond motifs is 2. The number of carboxylic acids is 1. The van der Waals surface area contributed by atoms with Crippen molar-refractivity contribution in [2.24, 2.45) is 0 Å². The zero-order chi connectivity index (χ0) is 18.4. The first-order valence-corrected chi connectivity index (χ1v) is 8.65. The minimum Gasteiger partial charge on any atom is -0.481 e. The van der Waals surface area contributed by atoms with Gasteiger partial charge in [0, 0.05) is 37.3 Å². The van der Waals surface area contributed by atoms with Crippen molar-refractivity contribution in [3.05, 3.63) is 47.0 Å². The van der Waals surface area contributed by atoms with E-state index in [2.05, 4.69) is 27.1 Å². The summed E-state index contributed by atoms with van der Waals surface area (Å²) >= 11 is 0. The summed E-state index contributed by atoms with van der Waals surface area (Å²) in [7, 11) is 0. The first-order chi connectivity index (χ1) is 12.6. The molecule has 0 radical (unpaired) electrons. The normalized spacial score (nSPS) is 14.8. The van der Waals surface area contributed by atoms with Crippen LogP contribution in [0.25, 0.3) is 0 Å². The van der Waals surface area contributed by atoms with E-state index in [4.69, 9.17) is 9.84 Å². The monoisotopic (exact) mass is 355 g/mol. The molecule has 7 heteroatoms. The first-order valence-electron chi connectivity index (χ1n) is 8.65. The number of nitrogens with one attached hydrogen (secondary N) is 3. The molecule has 2 aromatic rings. The molecule has 1 aliphatic carbocycles. The van der Waals surface area contributed by atoms with Gasteiger partial charge in [0.05, 0.1) is 11.4 Å². The molecule has 0 saturated heterocycles. The highest BCUT2D eigenvalue weighted by Gasteiger charge is 2.23. The molecule has 26 heavy (non-hydrogen) atoms. The predicted molar refractivity (Wildman–Crippen MR) is 94.6 cm³/mol. The third-order valence-electron chi connectivity index (χ3n) is 4.25. The molecule has 0 aliphatic heterocycles. The Morgan fingerprint density at radius 1 is 1.19 bits per heavy atom. The van der Waals surface area contributed by atoms with Crippen molar-refractivity contribution in [3.8, 4) is 11.8 Å². The van der Waals surface area contributed by atoms with Crippen LogP contribution < -0.4 is 5.32 Å². The molecule has 3 rings (SSSR count). The van der Waals surface area contributed by atoms with E-state index in [9.17, 15) is 9.59 Å².